The van der Waals surface area contributed by atoms with Gasteiger partial charge < -0.3 is 15.0 Å². The monoisotopic (exact) mass is 515 g/mol. The van der Waals surface area contributed by atoms with E-state index in [0.717, 1.165) is 10.9 Å². The van der Waals surface area contributed by atoms with Gasteiger partial charge in [-0.05, 0) is 26.8 Å². The number of fused-ring (bicyclic) bond motifs is 1. The number of ketones is 1. The van der Waals surface area contributed by atoms with Gasteiger partial charge in [0.2, 0.25) is 5.91 Å². The molecule has 0 fully saturated rings. The lowest BCUT2D eigenvalue weighted by molar-refractivity contribution is -0.145. The van der Waals surface area contributed by atoms with Gasteiger partial charge in [0, 0.05) is 41.1 Å². The molecule has 0 saturated carbocycles. The molecule has 0 radical (unpaired) electrons. The minimum absolute atomic E-state index is 0.140. The molecule has 4 rings (SSSR count). The average Bonchev–Trinajstić information content (AvgIpc) is 3.45. The van der Waals surface area contributed by atoms with Crippen LogP contribution in [0.15, 0.2) is 43.4 Å². The quantitative estimate of drug-likeness (QED) is 0.343. The molecule has 13 heteroatoms. The van der Waals surface area contributed by atoms with E-state index >= 15 is 0 Å². The van der Waals surface area contributed by atoms with Crippen LogP contribution in [0.3, 0.4) is 0 Å². The average molecular weight is 515 g/mol. The molecule has 1 amide bonds. The molecule has 2 N–H and O–H groups in total. The van der Waals surface area contributed by atoms with Crippen molar-refractivity contribution in [3.8, 4) is 0 Å². The highest BCUT2D eigenvalue weighted by atomic mass is 19.4. The molecule has 0 aliphatic heterocycles. The van der Waals surface area contributed by atoms with E-state index in [1.807, 2.05) is 0 Å². The van der Waals surface area contributed by atoms with Crippen molar-refractivity contribution in [3.63, 3.8) is 0 Å². The smallest absolute Gasteiger partial charge is 0.394 e. The van der Waals surface area contributed by atoms with E-state index in [2.05, 4.69) is 25.4 Å². The van der Waals surface area contributed by atoms with Crippen molar-refractivity contribution >= 4 is 28.4 Å². The summed E-state index contributed by atoms with van der Waals surface area (Å²) in [6.45, 7) is 4.72. The Morgan fingerprint density at radius 1 is 1.11 bits per heavy atom. The predicted octanol–water partition coefficient (Wildman–Crippen LogP) is 3.59. The molecule has 10 nitrogen and oxygen atoms in total. The molecule has 0 aromatic carbocycles. The van der Waals surface area contributed by atoms with Crippen LogP contribution in [0, 0.1) is 0 Å². The Morgan fingerprint density at radius 2 is 1.86 bits per heavy atom. The zero-order chi connectivity index (χ0) is 26.9. The number of carbonyl (C=O) groups excluding carboxylic acids is 2. The summed E-state index contributed by atoms with van der Waals surface area (Å²) in [5, 5.41) is 16.3. The van der Waals surface area contributed by atoms with Gasteiger partial charge in [-0.2, -0.15) is 18.3 Å². The number of alkyl halides is 3. The van der Waals surface area contributed by atoms with E-state index in [1.54, 1.807) is 31.5 Å². The van der Waals surface area contributed by atoms with Crippen LogP contribution in [0.1, 0.15) is 60.0 Å². The van der Waals surface area contributed by atoms with Gasteiger partial charge >= 0.3 is 6.18 Å². The Labute approximate surface area is 209 Å². The zero-order valence-electron chi connectivity index (χ0n) is 20.2. The maximum absolute atomic E-state index is 13.6. The molecule has 0 aliphatic rings. The Kier molecular flexibility index (Phi) is 7.07. The second kappa shape index (κ2) is 10.1. The largest absolute Gasteiger partial charge is 0.433 e. The predicted molar refractivity (Wildman–Crippen MR) is 127 cm³/mol. The number of amides is 1. The van der Waals surface area contributed by atoms with Gasteiger partial charge in [-0.3, -0.25) is 19.3 Å². The molecule has 194 valence electrons. The first kappa shape index (κ1) is 25.9. The Hall–Kier alpha value is -4.13. The number of hydrogen-bond acceptors (Lipinski definition) is 7. The third-order valence-corrected chi connectivity index (χ3v) is 5.74. The van der Waals surface area contributed by atoms with Gasteiger partial charge in [0.15, 0.2) is 5.78 Å². The van der Waals surface area contributed by atoms with Gasteiger partial charge in [0.1, 0.15) is 17.7 Å². The van der Waals surface area contributed by atoms with Crippen LogP contribution in [-0.4, -0.2) is 52.7 Å². The molecule has 0 saturated heterocycles. The molecule has 0 spiro atoms. The second-order valence-electron chi connectivity index (χ2n) is 8.81. The Bertz CT molecular complexity index is 1460. The van der Waals surface area contributed by atoms with Crippen LogP contribution < -0.4 is 5.32 Å². The topological polar surface area (TPSA) is 128 Å². The first-order chi connectivity index (χ1) is 17.5. The van der Waals surface area contributed by atoms with Crippen LogP contribution in [0.4, 0.5) is 18.9 Å². The van der Waals surface area contributed by atoms with Crippen molar-refractivity contribution in [1.29, 1.82) is 0 Å². The fourth-order valence-corrected chi connectivity index (χ4v) is 3.99. The van der Waals surface area contributed by atoms with E-state index in [9.17, 15) is 27.9 Å². The molecule has 4 aromatic rings. The molecule has 37 heavy (non-hydrogen) atoms. The molecule has 0 bridgehead atoms. The number of nitrogens with one attached hydrogen (secondary N) is 1. The molecular formula is C24H24F3N7O3. The van der Waals surface area contributed by atoms with E-state index in [1.165, 1.54) is 31.0 Å². The van der Waals surface area contributed by atoms with Crippen LogP contribution in [0.2, 0.25) is 0 Å². The number of nitrogens with zero attached hydrogens (tertiary/aromatic N) is 6. The molecule has 0 aliphatic carbocycles. The highest BCUT2D eigenvalue weighted by Crippen LogP contribution is 2.34. The maximum Gasteiger partial charge on any atom is 0.433 e. The fraction of sp³-hybridized carbons (Fsp3) is 0.333. The lowest BCUT2D eigenvalue weighted by Crippen LogP contribution is -2.21. The van der Waals surface area contributed by atoms with Crippen molar-refractivity contribution in [2.45, 2.75) is 45.5 Å². The summed E-state index contributed by atoms with van der Waals surface area (Å²) >= 11 is 0. The molecule has 4 heterocycles. The summed E-state index contributed by atoms with van der Waals surface area (Å²) in [7, 11) is 0. The Morgan fingerprint density at radius 3 is 2.54 bits per heavy atom. The van der Waals surface area contributed by atoms with Gasteiger partial charge in [-0.15, -0.1) is 0 Å². The number of rotatable bonds is 8. The summed E-state index contributed by atoms with van der Waals surface area (Å²) in [6.07, 6.45) is 2.79. The summed E-state index contributed by atoms with van der Waals surface area (Å²) in [6, 6.07) is 0.499. The van der Waals surface area contributed by atoms with Gasteiger partial charge in [0.25, 0.3) is 0 Å². The first-order valence-corrected chi connectivity index (χ1v) is 11.4. The van der Waals surface area contributed by atoms with E-state index < -0.39 is 36.0 Å². The molecule has 1 atom stereocenters. The number of aromatic nitrogens is 6. The summed E-state index contributed by atoms with van der Waals surface area (Å²) in [5.74, 6) is -1.15. The minimum Gasteiger partial charge on any atom is -0.394 e. The van der Waals surface area contributed by atoms with Gasteiger partial charge in [-0.1, -0.05) is 0 Å². The first-order valence-electron chi connectivity index (χ1n) is 11.4. The lowest BCUT2D eigenvalue weighted by atomic mass is 10.1. The number of pyridine rings is 1. The number of halogens is 3. The highest BCUT2D eigenvalue weighted by Gasteiger charge is 2.39. The summed E-state index contributed by atoms with van der Waals surface area (Å²) in [5.41, 5.74) is -0.206. The lowest BCUT2D eigenvalue weighted by Gasteiger charge is -2.15. The van der Waals surface area contributed by atoms with Crippen LogP contribution in [0.25, 0.3) is 11.0 Å². The highest BCUT2D eigenvalue weighted by molar-refractivity contribution is 6.16. The summed E-state index contributed by atoms with van der Waals surface area (Å²) in [4.78, 5) is 38.1. The third kappa shape index (κ3) is 5.21. The van der Waals surface area contributed by atoms with E-state index in [4.69, 9.17) is 0 Å². The van der Waals surface area contributed by atoms with Crippen molar-refractivity contribution in [3.05, 3.63) is 65.8 Å². The number of carbonyl (C=O) groups is 2. The Balaban J connectivity index is 1.58. The number of aliphatic hydroxyl groups excluding tert-OH is 1. The minimum atomic E-state index is -4.68. The summed E-state index contributed by atoms with van der Waals surface area (Å²) < 4.78 is 43.3. The van der Waals surface area contributed by atoms with Crippen molar-refractivity contribution < 1.29 is 27.9 Å². The molecule has 0 unspecified atom stereocenters. The fourth-order valence-electron chi connectivity index (χ4n) is 3.99. The number of hydrogen-bond donors (Lipinski definition) is 2. The van der Waals surface area contributed by atoms with Gasteiger partial charge in [-0.25, -0.2) is 9.97 Å². The second-order valence-corrected chi connectivity index (χ2v) is 8.81. The third-order valence-electron chi connectivity index (χ3n) is 5.74. The van der Waals surface area contributed by atoms with Crippen molar-refractivity contribution in [1.82, 2.24) is 29.3 Å². The number of anilines is 1. The standard InChI is InChI=1S/C24H24F3N7O3/c1-13(2)34-22(24(25,26)27)16(7-31-34)5-20(36)32-17-4-15(6-28-8-17)21(37)19-10-33(14(3)11-35)23-18(19)9-29-12-30-23/h4,6-10,12-14,35H,5,11H2,1-3H3,(H,32,36)/t14-/m1/s1. The number of aliphatic hydroxyl groups is 1. The van der Waals surface area contributed by atoms with Crippen LogP contribution in [0.5, 0.6) is 0 Å². The van der Waals surface area contributed by atoms with Crippen molar-refractivity contribution in [2.24, 2.45) is 0 Å². The van der Waals surface area contributed by atoms with E-state index in [-0.39, 0.29) is 35.0 Å². The zero-order valence-corrected chi connectivity index (χ0v) is 20.2. The van der Waals surface area contributed by atoms with Gasteiger partial charge in [0.05, 0.1) is 42.7 Å². The normalized spacial score (nSPS) is 12.8. The van der Waals surface area contributed by atoms with Crippen LogP contribution >= 0.6 is 0 Å². The maximum atomic E-state index is 13.6. The van der Waals surface area contributed by atoms with E-state index in [0.29, 0.717) is 11.0 Å². The molecular weight excluding hydrogens is 491 g/mol. The van der Waals surface area contributed by atoms with Crippen LogP contribution in [-0.2, 0) is 17.4 Å². The SMILES string of the molecule is CC(C)n1ncc(CC(=O)Nc2cncc(C(=O)c3cn([C@H](C)CO)c4ncncc34)c2)c1C(F)(F)F. The molecule has 4 aromatic heterocycles. The van der Waals surface area contributed by atoms with Crippen molar-refractivity contribution in [2.75, 3.05) is 11.9 Å².